The van der Waals surface area contributed by atoms with Crippen LogP contribution in [0.2, 0.25) is 0 Å². The molecule has 1 heterocycles. The third-order valence-electron chi connectivity index (χ3n) is 12.0. The molecule has 0 aromatic rings. The Kier molecular flexibility index (Phi) is 25.8. The van der Waals surface area contributed by atoms with Crippen LogP contribution >= 0.6 is 0 Å². The van der Waals surface area contributed by atoms with Gasteiger partial charge in [0.2, 0.25) is 0 Å². The summed E-state index contributed by atoms with van der Waals surface area (Å²) in [5.74, 6) is 0.962. The van der Waals surface area contributed by atoms with Crippen molar-refractivity contribution >= 4 is 0 Å². The first-order valence-electron chi connectivity index (χ1n) is 20.9. The molecule has 0 aromatic heterocycles. The van der Waals surface area contributed by atoms with Crippen LogP contribution in [0.5, 0.6) is 0 Å². The van der Waals surface area contributed by atoms with Crippen molar-refractivity contribution in [3.8, 4) is 0 Å². The summed E-state index contributed by atoms with van der Waals surface area (Å²) in [7, 11) is 2.74. The topological polar surface area (TPSA) is 0 Å². The van der Waals surface area contributed by atoms with Crippen molar-refractivity contribution in [2.24, 2.45) is 11.3 Å². The summed E-state index contributed by atoms with van der Waals surface area (Å²) in [6.45, 7) is 14.9. The first-order valence-corrected chi connectivity index (χ1v) is 20.9. The second-order valence-electron chi connectivity index (χ2n) is 15.7. The van der Waals surface area contributed by atoms with E-state index in [1.54, 1.807) is 12.8 Å². The second kappa shape index (κ2) is 27.1. The van der Waals surface area contributed by atoms with E-state index in [4.69, 9.17) is 0 Å². The van der Waals surface area contributed by atoms with Crippen molar-refractivity contribution in [2.45, 2.75) is 240 Å². The molecule has 1 aliphatic rings. The highest BCUT2D eigenvalue weighted by Crippen LogP contribution is 2.52. The monoisotopic (exact) mass is 605 g/mol. The van der Waals surface area contributed by atoms with Crippen molar-refractivity contribution in [2.75, 3.05) is 20.1 Å². The van der Waals surface area contributed by atoms with Gasteiger partial charge >= 0.3 is 0 Å². The predicted octanol–water partition coefficient (Wildman–Crippen LogP) is 14.6. The van der Waals surface area contributed by atoms with Crippen LogP contribution in [-0.2, 0) is 0 Å². The molecule has 1 heteroatoms. The lowest BCUT2D eigenvalue weighted by Crippen LogP contribution is -2.63. The quantitative estimate of drug-likeness (QED) is 0.0545. The molecule has 1 saturated heterocycles. The van der Waals surface area contributed by atoms with Gasteiger partial charge in [0, 0.05) is 11.8 Å². The van der Waals surface area contributed by atoms with Gasteiger partial charge in [-0.25, -0.2) is 0 Å². The van der Waals surface area contributed by atoms with Crippen molar-refractivity contribution in [3.05, 3.63) is 0 Å². The molecule has 1 aliphatic heterocycles. The van der Waals surface area contributed by atoms with E-state index in [2.05, 4.69) is 41.7 Å². The fourth-order valence-electron chi connectivity index (χ4n) is 9.29. The SMILES string of the molecule is CCCCCCCCCCCCC(CCCCCC)C(CCCCCC)(CCCCCC)C1CCCC[N+]1(C)CCCC. The van der Waals surface area contributed by atoms with Gasteiger partial charge in [0.15, 0.2) is 0 Å². The van der Waals surface area contributed by atoms with E-state index in [1.807, 2.05) is 0 Å². The van der Waals surface area contributed by atoms with E-state index in [9.17, 15) is 0 Å². The van der Waals surface area contributed by atoms with Crippen LogP contribution in [0.25, 0.3) is 0 Å². The van der Waals surface area contributed by atoms with Gasteiger partial charge in [-0.1, -0.05) is 182 Å². The highest BCUT2D eigenvalue weighted by molar-refractivity contribution is 4.95. The zero-order valence-electron chi connectivity index (χ0n) is 31.4. The van der Waals surface area contributed by atoms with Crippen LogP contribution in [0.1, 0.15) is 234 Å². The van der Waals surface area contributed by atoms with Gasteiger partial charge in [-0.15, -0.1) is 0 Å². The van der Waals surface area contributed by atoms with Crippen LogP contribution in [0.3, 0.4) is 0 Å². The molecule has 1 nitrogen and oxygen atoms in total. The van der Waals surface area contributed by atoms with E-state index in [1.165, 1.54) is 204 Å². The smallest absolute Gasteiger partial charge is 0.0947 e. The minimum absolute atomic E-state index is 0.579. The molecule has 0 saturated carbocycles. The first-order chi connectivity index (χ1) is 21.0. The Hall–Kier alpha value is -0.0400. The number of hydrogen-bond acceptors (Lipinski definition) is 0. The van der Waals surface area contributed by atoms with E-state index in [0.29, 0.717) is 5.41 Å². The van der Waals surface area contributed by atoms with Gasteiger partial charge < -0.3 is 4.48 Å². The lowest BCUT2D eigenvalue weighted by molar-refractivity contribution is -0.947. The number of unbranched alkanes of at least 4 members (excludes halogenated alkanes) is 19. The number of likely N-dealkylation sites (tertiary alicyclic amines) is 1. The third kappa shape index (κ3) is 16.9. The Bertz CT molecular complexity index is 571. The summed E-state index contributed by atoms with van der Waals surface area (Å²) < 4.78 is 1.42. The summed E-state index contributed by atoms with van der Waals surface area (Å²) in [5, 5.41) is 0. The third-order valence-corrected chi connectivity index (χ3v) is 12.0. The predicted molar refractivity (Wildman–Crippen MR) is 197 cm³/mol. The molecule has 0 bridgehead atoms. The molecule has 3 atom stereocenters. The standard InChI is InChI=1S/C42H86N/c1-7-12-17-21-22-23-24-25-26-28-34-40(33-27-18-13-8-2)42(36-30-19-14-9-3,37-31-20-15-10-4)41-35-29-32-39-43(41,6)38-16-11-5/h40-41H,7-39H2,1-6H3/q+1. The number of rotatable bonds is 31. The Morgan fingerprint density at radius 2 is 0.884 bits per heavy atom. The van der Waals surface area contributed by atoms with Crippen molar-refractivity contribution < 1.29 is 4.48 Å². The number of quaternary nitrogens is 1. The lowest BCUT2D eigenvalue weighted by Gasteiger charge is -2.57. The molecular weight excluding hydrogens is 518 g/mol. The number of nitrogens with zero attached hydrogens (tertiary/aromatic N) is 1. The van der Waals surface area contributed by atoms with E-state index in [-0.39, 0.29) is 0 Å². The van der Waals surface area contributed by atoms with Gasteiger partial charge in [0.25, 0.3) is 0 Å². The van der Waals surface area contributed by atoms with Gasteiger partial charge in [-0.3, -0.25) is 0 Å². The Morgan fingerprint density at radius 1 is 0.488 bits per heavy atom. The number of hydrogen-bond donors (Lipinski definition) is 0. The summed E-state index contributed by atoms with van der Waals surface area (Å²) in [6, 6.07) is 0.912. The largest absolute Gasteiger partial charge is 0.323 e. The van der Waals surface area contributed by atoms with Crippen LogP contribution in [0.4, 0.5) is 0 Å². The van der Waals surface area contributed by atoms with E-state index < -0.39 is 0 Å². The maximum Gasteiger partial charge on any atom is 0.0947 e. The highest BCUT2D eigenvalue weighted by Gasteiger charge is 2.52. The molecule has 0 spiro atoms. The molecule has 258 valence electrons. The minimum atomic E-state index is 0.579. The van der Waals surface area contributed by atoms with E-state index in [0.717, 1.165) is 12.0 Å². The fourth-order valence-corrected chi connectivity index (χ4v) is 9.29. The molecule has 0 N–H and O–H groups in total. The number of piperidine rings is 1. The maximum absolute atomic E-state index is 2.74. The molecule has 0 aliphatic carbocycles. The Labute approximate surface area is 275 Å². The highest BCUT2D eigenvalue weighted by atomic mass is 15.4. The van der Waals surface area contributed by atoms with Crippen molar-refractivity contribution in [1.29, 1.82) is 0 Å². The van der Waals surface area contributed by atoms with Crippen molar-refractivity contribution in [1.82, 2.24) is 0 Å². The molecular formula is C42H86N+. The van der Waals surface area contributed by atoms with Crippen LogP contribution in [-0.4, -0.2) is 30.7 Å². The van der Waals surface area contributed by atoms with Gasteiger partial charge in [0.05, 0.1) is 26.2 Å². The van der Waals surface area contributed by atoms with Crippen LogP contribution in [0, 0.1) is 11.3 Å². The zero-order chi connectivity index (χ0) is 31.5. The van der Waals surface area contributed by atoms with Crippen molar-refractivity contribution in [3.63, 3.8) is 0 Å². The van der Waals surface area contributed by atoms with E-state index >= 15 is 0 Å². The lowest BCUT2D eigenvalue weighted by atomic mass is 9.58. The van der Waals surface area contributed by atoms with Gasteiger partial charge in [-0.05, 0) is 50.9 Å². The summed E-state index contributed by atoms with van der Waals surface area (Å²) in [5.41, 5.74) is 0.579. The first kappa shape index (κ1) is 41.0. The van der Waals surface area contributed by atoms with Crippen LogP contribution in [0.15, 0.2) is 0 Å². The van der Waals surface area contributed by atoms with Crippen LogP contribution < -0.4 is 0 Å². The molecule has 0 radical (unpaired) electrons. The molecule has 0 aromatic carbocycles. The minimum Gasteiger partial charge on any atom is -0.323 e. The molecule has 1 rings (SSSR count). The maximum atomic E-state index is 2.74. The van der Waals surface area contributed by atoms with Gasteiger partial charge in [-0.2, -0.15) is 0 Å². The fraction of sp³-hybridized carbons (Fsp3) is 1.00. The summed E-state index contributed by atoms with van der Waals surface area (Å²) in [6.07, 6.45) is 45.5. The molecule has 43 heavy (non-hydrogen) atoms. The summed E-state index contributed by atoms with van der Waals surface area (Å²) >= 11 is 0. The molecule has 1 fully saturated rings. The summed E-state index contributed by atoms with van der Waals surface area (Å²) in [4.78, 5) is 0. The second-order valence-corrected chi connectivity index (χ2v) is 15.7. The zero-order valence-corrected chi connectivity index (χ0v) is 31.4. The average Bonchev–Trinajstić information content (AvgIpc) is 3.02. The average molecular weight is 605 g/mol. The Morgan fingerprint density at radius 3 is 1.35 bits per heavy atom. The Balaban J connectivity index is 3.20. The molecule has 0 amide bonds. The molecule has 3 unspecified atom stereocenters. The normalized spacial score (nSPS) is 20.1. The van der Waals surface area contributed by atoms with Gasteiger partial charge in [0.1, 0.15) is 0 Å².